The van der Waals surface area contributed by atoms with Crippen molar-refractivity contribution in [2.75, 3.05) is 24.1 Å². The van der Waals surface area contributed by atoms with Crippen LogP contribution in [-0.2, 0) is 16.1 Å². The summed E-state index contributed by atoms with van der Waals surface area (Å²) in [6.07, 6.45) is 0.817. The number of phenolic OH excluding ortho intramolecular Hbond substituents is 1. The molecule has 22 heteroatoms. The molecule has 326 valence electrons. The van der Waals surface area contributed by atoms with Crippen molar-refractivity contribution in [3.63, 3.8) is 0 Å². The van der Waals surface area contributed by atoms with Crippen molar-refractivity contribution in [3.05, 3.63) is 128 Å². The number of fused-ring (bicyclic) bond motifs is 3. The van der Waals surface area contributed by atoms with Crippen molar-refractivity contribution in [2.45, 2.75) is 25.4 Å². The molecule has 3 heterocycles. The van der Waals surface area contributed by atoms with Gasteiger partial charge in [0.25, 0.3) is 17.4 Å². The van der Waals surface area contributed by atoms with E-state index in [4.69, 9.17) is 10.2 Å². The third kappa shape index (κ3) is 9.39. The normalized spacial score (nSPS) is 11.6. The number of nitrogen functional groups attached to an aromatic ring is 1. The molecule has 20 nitrogen and oxygen atoms in total. The number of aliphatic carboxylic acids is 1. The van der Waals surface area contributed by atoms with Gasteiger partial charge >= 0.3 is 11.9 Å². The number of aromatic carboxylic acids is 1. The number of carbonyl (C=O) groups excluding carboxylic acids is 3. The van der Waals surface area contributed by atoms with Gasteiger partial charge in [-0.15, -0.1) is 0 Å². The number of phenols is 1. The first kappa shape index (κ1) is 43.3. The molecule has 1 atom stereocenters. The van der Waals surface area contributed by atoms with E-state index < -0.39 is 64.1 Å². The highest BCUT2D eigenvalue weighted by Crippen LogP contribution is 2.43. The topological polar surface area (TPSA) is 322 Å². The molecule has 1 aliphatic heterocycles. The number of rotatable bonds is 15. The molecule has 0 saturated heterocycles. The van der Waals surface area contributed by atoms with E-state index in [0.29, 0.717) is 11.4 Å². The van der Waals surface area contributed by atoms with Crippen LogP contribution >= 0.6 is 0 Å². The Morgan fingerprint density at radius 3 is 2.31 bits per heavy atom. The number of carboxylic acid groups (broad SMARTS) is 2. The van der Waals surface area contributed by atoms with E-state index in [1.54, 1.807) is 12.1 Å². The second-order valence-corrected chi connectivity index (χ2v) is 14.0. The number of hydrogen-bond donors (Lipinski definition) is 9. The zero-order valence-corrected chi connectivity index (χ0v) is 32.8. The van der Waals surface area contributed by atoms with E-state index in [1.807, 2.05) is 0 Å². The molecule has 0 fully saturated rings. The Balaban J connectivity index is 0.931. The molecule has 3 amide bonds. The van der Waals surface area contributed by atoms with Gasteiger partial charge in [0, 0.05) is 65.0 Å². The zero-order chi connectivity index (χ0) is 45.8. The Hall–Kier alpha value is -8.82. The van der Waals surface area contributed by atoms with Crippen LogP contribution in [0.5, 0.6) is 5.75 Å². The van der Waals surface area contributed by atoms with E-state index >= 15 is 0 Å². The molecule has 1 aliphatic carbocycles. The number of nitrogens with one attached hydrogen (secondary N) is 5. The van der Waals surface area contributed by atoms with Crippen LogP contribution in [0.15, 0.2) is 86.9 Å². The van der Waals surface area contributed by atoms with Crippen molar-refractivity contribution in [1.29, 1.82) is 0 Å². The number of amides is 3. The number of aromatic nitrogens is 4. The number of aromatic hydroxyl groups is 1. The number of carbonyl (C=O) groups is 5. The number of nitrogens with two attached hydrogens (primary N) is 1. The maximum atomic E-state index is 14.7. The van der Waals surface area contributed by atoms with E-state index in [9.17, 15) is 57.7 Å². The van der Waals surface area contributed by atoms with Gasteiger partial charge in [-0.25, -0.2) is 28.3 Å². The molecule has 0 saturated carbocycles. The molecule has 0 bridgehead atoms. The van der Waals surface area contributed by atoms with Gasteiger partial charge in [0.05, 0.1) is 24.0 Å². The lowest BCUT2D eigenvalue weighted by molar-refractivity contribution is -0.139. The third-order valence-electron chi connectivity index (χ3n) is 9.73. The third-order valence-corrected chi connectivity index (χ3v) is 9.73. The second kappa shape index (κ2) is 18.0. The van der Waals surface area contributed by atoms with Crippen molar-refractivity contribution < 1.29 is 52.5 Å². The van der Waals surface area contributed by atoms with Gasteiger partial charge in [-0.2, -0.15) is 4.98 Å². The van der Waals surface area contributed by atoms with Crippen molar-refractivity contribution in [3.8, 4) is 28.2 Å². The molecule has 2 aromatic heterocycles. The summed E-state index contributed by atoms with van der Waals surface area (Å²) in [5, 5.41) is 40.2. The van der Waals surface area contributed by atoms with Gasteiger partial charge in [0.15, 0.2) is 28.5 Å². The molecular weight excluding hydrogens is 845 g/mol. The summed E-state index contributed by atoms with van der Waals surface area (Å²) < 4.78 is 34.9. The fourth-order valence-corrected chi connectivity index (χ4v) is 6.60. The fraction of sp³-hybridized carbons (Fsp3) is 0.143. The summed E-state index contributed by atoms with van der Waals surface area (Å²) in [6.45, 7) is -0.111. The Bertz CT molecular complexity index is 3120. The van der Waals surface area contributed by atoms with Gasteiger partial charge in [-0.3, -0.25) is 29.0 Å². The number of aromatic amines is 1. The van der Waals surface area contributed by atoms with Crippen molar-refractivity contribution >= 4 is 63.4 Å². The molecular formula is C42H33F2N9O11. The minimum absolute atomic E-state index is 0.00884. The molecule has 0 radical (unpaired) electrons. The van der Waals surface area contributed by atoms with Gasteiger partial charge in [0.2, 0.25) is 17.3 Å². The molecule has 1 unspecified atom stereocenters. The number of carboxylic acids is 2. The average molecular weight is 878 g/mol. The molecule has 10 N–H and O–H groups in total. The fourth-order valence-electron chi connectivity index (χ4n) is 6.60. The van der Waals surface area contributed by atoms with Crippen LogP contribution in [0.1, 0.15) is 49.6 Å². The minimum Gasteiger partial charge on any atom is -0.505 e. The van der Waals surface area contributed by atoms with Crippen molar-refractivity contribution in [1.82, 2.24) is 35.9 Å². The van der Waals surface area contributed by atoms with Crippen LogP contribution in [0.3, 0.4) is 0 Å². The number of hydrogen-bond acceptors (Lipinski definition) is 14. The first-order chi connectivity index (χ1) is 30.6. The zero-order valence-electron chi connectivity index (χ0n) is 32.8. The van der Waals surface area contributed by atoms with Crippen LogP contribution in [-0.4, -0.2) is 84.0 Å². The lowest BCUT2D eigenvalue weighted by Crippen LogP contribution is -2.42. The second-order valence-electron chi connectivity index (χ2n) is 14.0. The monoisotopic (exact) mass is 877 g/mol. The first-order valence-corrected chi connectivity index (χ1v) is 19.0. The summed E-state index contributed by atoms with van der Waals surface area (Å²) in [5.41, 5.74) is 4.08. The highest BCUT2D eigenvalue weighted by atomic mass is 19.1. The maximum absolute atomic E-state index is 14.7. The van der Waals surface area contributed by atoms with Gasteiger partial charge in [-0.1, -0.05) is 0 Å². The van der Waals surface area contributed by atoms with Gasteiger partial charge in [0.1, 0.15) is 17.4 Å². The standard InChI is InChI=1S/C42H33F2N9O11/c43-26-12-24-31(14-29(26)54)64-32-15-30(55)27(44)13-25(32)34(24)23-11-19(3-6-22(23)40(60)61)37(57)47-10-9-46-33(56)8-7-28(41(62)63)51-38(58)18-1-4-20(5-2-18)48-16-21-17-49-36-35(50-21)39(59)53-42(45)52-36/h1-6,11-15,17,28,48,54H,7-10,16H2,(H,46,56)(H,47,57)(H,51,58)(H,60,61)(H,62,63)(H3,45,49,52,53,59). The predicted molar refractivity (Wildman–Crippen MR) is 223 cm³/mol. The van der Waals surface area contributed by atoms with E-state index in [2.05, 4.69) is 41.2 Å². The highest BCUT2D eigenvalue weighted by molar-refractivity contribution is 6.09. The van der Waals surface area contributed by atoms with Crippen molar-refractivity contribution in [2.24, 2.45) is 0 Å². The van der Waals surface area contributed by atoms with E-state index in [-0.39, 0.29) is 99.7 Å². The van der Waals surface area contributed by atoms with E-state index in [1.165, 1.54) is 24.4 Å². The summed E-state index contributed by atoms with van der Waals surface area (Å²) >= 11 is 0. The molecule has 64 heavy (non-hydrogen) atoms. The minimum atomic E-state index is -1.46. The van der Waals surface area contributed by atoms with Crippen LogP contribution < -0.4 is 38.0 Å². The molecule has 0 spiro atoms. The molecule has 2 aliphatic rings. The molecule has 7 rings (SSSR count). The summed E-state index contributed by atoms with van der Waals surface area (Å²) in [5.74, 6) is -8.35. The lowest BCUT2D eigenvalue weighted by atomic mass is 9.89. The van der Waals surface area contributed by atoms with E-state index in [0.717, 1.165) is 36.4 Å². The summed E-state index contributed by atoms with van der Waals surface area (Å²) in [7, 11) is 0. The first-order valence-electron chi connectivity index (χ1n) is 19.0. The maximum Gasteiger partial charge on any atom is 0.336 e. The quantitative estimate of drug-likeness (QED) is 0.0528. The van der Waals surface area contributed by atoms with Gasteiger partial charge < -0.3 is 46.7 Å². The average Bonchev–Trinajstić information content (AvgIpc) is 3.26. The van der Waals surface area contributed by atoms with Crippen LogP contribution in [0.4, 0.5) is 20.4 Å². The number of benzene rings is 4. The molecule has 5 aromatic rings. The number of nitrogens with zero attached hydrogens (tertiary/aromatic N) is 3. The Labute approximate surface area is 356 Å². The summed E-state index contributed by atoms with van der Waals surface area (Å²) in [6, 6.07) is 11.4. The smallest absolute Gasteiger partial charge is 0.336 e. The van der Waals surface area contributed by atoms with Crippen LogP contribution in [0.2, 0.25) is 0 Å². The predicted octanol–water partition coefficient (Wildman–Crippen LogP) is 2.98. The van der Waals surface area contributed by atoms with Crippen LogP contribution in [0, 0.1) is 11.6 Å². The highest BCUT2D eigenvalue weighted by Gasteiger charge is 2.26. The largest absolute Gasteiger partial charge is 0.505 e. The molecule has 3 aromatic carbocycles. The Kier molecular flexibility index (Phi) is 12.2. The number of halogens is 2. The lowest BCUT2D eigenvalue weighted by Gasteiger charge is -2.18. The SMILES string of the molecule is Nc1nc2ncc(CNc3ccc(C(=O)NC(CCC(=O)NCCNC(=O)c4ccc(C(=O)O)c(-c5c6cc(F)c(=O)cc-6oc6cc(O)c(F)cc56)c4)C(=O)O)cc3)nc2c(=O)[nH]1. The Morgan fingerprint density at radius 1 is 0.844 bits per heavy atom. The summed E-state index contributed by atoms with van der Waals surface area (Å²) in [4.78, 5) is 102. The van der Waals surface area contributed by atoms with Gasteiger partial charge in [-0.05, 0) is 66.6 Å². The number of H-pyrrole nitrogens is 1. The number of anilines is 2. The van der Waals surface area contributed by atoms with Crippen LogP contribution in [0.25, 0.3) is 44.6 Å². The Morgan fingerprint density at radius 2 is 1.58 bits per heavy atom.